The molecule has 0 radical (unpaired) electrons. The van der Waals surface area contributed by atoms with Crippen molar-refractivity contribution in [3.8, 4) is 17.3 Å². The van der Waals surface area contributed by atoms with E-state index in [0.29, 0.717) is 17.7 Å². The molecule has 1 aromatic carbocycles. The van der Waals surface area contributed by atoms with Gasteiger partial charge in [-0.05, 0) is 37.1 Å². The van der Waals surface area contributed by atoms with Crippen molar-refractivity contribution in [3.63, 3.8) is 0 Å². The Hall–Kier alpha value is -4.97. The molecule has 0 fully saturated rings. The topological polar surface area (TPSA) is 168 Å². The highest BCUT2D eigenvalue weighted by Gasteiger charge is 2.38. The van der Waals surface area contributed by atoms with Gasteiger partial charge in [-0.2, -0.15) is 23.5 Å². The Kier molecular flexibility index (Phi) is 8.53. The number of aryl methyl sites for hydroxylation is 1. The normalized spacial score (nSPS) is 12.1. The van der Waals surface area contributed by atoms with E-state index >= 15 is 0 Å². The third-order valence-electron chi connectivity index (χ3n) is 6.08. The first-order chi connectivity index (χ1) is 19.5. The highest BCUT2D eigenvalue weighted by atomic mass is 19.4. The molecule has 12 nitrogen and oxygen atoms in total. The van der Waals surface area contributed by atoms with Crippen molar-refractivity contribution in [2.75, 3.05) is 18.4 Å². The lowest BCUT2D eigenvalue weighted by Crippen LogP contribution is -2.42. The summed E-state index contributed by atoms with van der Waals surface area (Å²) in [5, 5.41) is 21.0. The van der Waals surface area contributed by atoms with E-state index in [0.717, 1.165) is 16.4 Å². The fourth-order valence-corrected chi connectivity index (χ4v) is 4.12. The predicted octanol–water partition coefficient (Wildman–Crippen LogP) is 2.63. The molecule has 0 spiro atoms. The summed E-state index contributed by atoms with van der Waals surface area (Å²) in [5.74, 6) is -0.341. The predicted molar refractivity (Wildman–Crippen MR) is 143 cm³/mol. The van der Waals surface area contributed by atoms with Crippen molar-refractivity contribution in [3.05, 3.63) is 59.8 Å². The maximum Gasteiger partial charge on any atom is 0.435 e. The number of anilines is 2. The number of aromatic nitrogens is 5. The quantitative estimate of drug-likeness (QED) is 0.212. The number of nitrogens with one attached hydrogen (secondary N) is 3. The van der Waals surface area contributed by atoms with E-state index in [2.05, 4.69) is 31.0 Å². The van der Waals surface area contributed by atoms with Gasteiger partial charge >= 0.3 is 6.18 Å². The number of nitrogens with zero attached hydrogens (tertiary/aromatic N) is 6. The van der Waals surface area contributed by atoms with E-state index in [9.17, 15) is 22.8 Å². The van der Waals surface area contributed by atoms with Crippen LogP contribution < -0.4 is 21.7 Å². The Morgan fingerprint density at radius 1 is 1.20 bits per heavy atom. The van der Waals surface area contributed by atoms with Crippen molar-refractivity contribution >= 4 is 29.0 Å². The molecular weight excluding hydrogens is 541 g/mol. The fraction of sp³-hybridized carbons (Fsp3) is 0.308. The van der Waals surface area contributed by atoms with Crippen molar-refractivity contribution in [1.82, 2.24) is 34.8 Å². The summed E-state index contributed by atoms with van der Waals surface area (Å²) in [4.78, 5) is 32.9. The van der Waals surface area contributed by atoms with Crippen LogP contribution in [-0.4, -0.2) is 55.1 Å². The van der Waals surface area contributed by atoms with Crippen LogP contribution in [0.4, 0.5) is 24.7 Å². The van der Waals surface area contributed by atoms with Gasteiger partial charge in [-0.1, -0.05) is 6.92 Å². The first kappa shape index (κ1) is 29.0. The number of carbonyl (C=O) groups is 2. The number of benzene rings is 1. The van der Waals surface area contributed by atoms with Gasteiger partial charge in [0, 0.05) is 42.9 Å². The summed E-state index contributed by atoms with van der Waals surface area (Å²) in [7, 11) is 0. The van der Waals surface area contributed by atoms with Crippen molar-refractivity contribution in [2.24, 2.45) is 5.73 Å². The molecule has 0 saturated heterocycles. The smallest absolute Gasteiger partial charge is 0.353 e. The lowest BCUT2D eigenvalue weighted by Gasteiger charge is -2.13. The van der Waals surface area contributed by atoms with Gasteiger partial charge in [-0.15, -0.1) is 0 Å². The number of hydrogen-bond acceptors (Lipinski definition) is 8. The van der Waals surface area contributed by atoms with Crippen molar-refractivity contribution in [1.29, 1.82) is 5.26 Å². The summed E-state index contributed by atoms with van der Waals surface area (Å²) >= 11 is 0. The Morgan fingerprint density at radius 2 is 1.95 bits per heavy atom. The molecule has 0 aliphatic rings. The maximum absolute atomic E-state index is 13.7. The van der Waals surface area contributed by atoms with Crippen LogP contribution in [0.15, 0.2) is 43.0 Å². The molecular formula is C26H27F3N10O2. The Labute approximate surface area is 232 Å². The number of amides is 2. The van der Waals surface area contributed by atoms with Crippen LogP contribution in [0.1, 0.15) is 35.5 Å². The zero-order valence-electron chi connectivity index (χ0n) is 22.2. The summed E-state index contributed by atoms with van der Waals surface area (Å²) in [6, 6.07) is 6.23. The van der Waals surface area contributed by atoms with E-state index in [4.69, 9.17) is 11.0 Å². The summed E-state index contributed by atoms with van der Waals surface area (Å²) < 4.78 is 43.5. The molecule has 0 aliphatic heterocycles. The number of rotatable bonds is 10. The minimum Gasteiger partial charge on any atom is -0.353 e. The van der Waals surface area contributed by atoms with E-state index in [1.54, 1.807) is 31.2 Å². The average Bonchev–Trinajstić information content (AvgIpc) is 3.56. The van der Waals surface area contributed by atoms with Crippen LogP contribution in [0.25, 0.3) is 16.9 Å². The summed E-state index contributed by atoms with van der Waals surface area (Å²) in [5.41, 5.74) is 6.32. The summed E-state index contributed by atoms with van der Waals surface area (Å²) in [6.45, 7) is 3.57. The minimum absolute atomic E-state index is 0.125. The van der Waals surface area contributed by atoms with Gasteiger partial charge in [0.1, 0.15) is 6.54 Å². The van der Waals surface area contributed by atoms with E-state index in [1.165, 1.54) is 23.0 Å². The lowest BCUT2D eigenvalue weighted by atomic mass is 10.0. The van der Waals surface area contributed by atoms with Crippen LogP contribution in [0.2, 0.25) is 0 Å². The molecule has 4 rings (SSSR count). The highest BCUT2D eigenvalue weighted by Crippen LogP contribution is 2.37. The second kappa shape index (κ2) is 12.0. The number of imidazole rings is 1. The SMILES string of the molecule is CCc1cc(Nc2nccn3c(-c4cn(CC#N)nc4C(F)(F)F)cnc23)ccc1C(=O)NCCNC(=O)[C@H](C)N. The Balaban J connectivity index is 1.56. The molecule has 0 bridgehead atoms. The van der Waals surface area contributed by atoms with Gasteiger partial charge < -0.3 is 21.7 Å². The molecule has 3 heterocycles. The molecule has 3 aromatic heterocycles. The minimum atomic E-state index is -4.74. The van der Waals surface area contributed by atoms with Crippen LogP contribution in [-0.2, 0) is 23.9 Å². The van der Waals surface area contributed by atoms with Crippen molar-refractivity contribution < 1.29 is 22.8 Å². The largest absolute Gasteiger partial charge is 0.435 e. The average molecular weight is 569 g/mol. The fourth-order valence-electron chi connectivity index (χ4n) is 4.12. The molecule has 4 aromatic rings. The molecule has 0 aliphatic carbocycles. The third-order valence-corrected chi connectivity index (χ3v) is 6.08. The second-order valence-corrected chi connectivity index (χ2v) is 9.04. The molecule has 41 heavy (non-hydrogen) atoms. The monoisotopic (exact) mass is 568 g/mol. The standard InChI is InChI=1S/C26H27F3N10O2/c1-3-16-12-17(4-5-18(16)25(41)34-8-7-33-24(40)15(2)31)36-22-23-35-13-20(39(23)11-9-32-22)19-14-38(10-6-30)37-21(19)26(27,28)29/h4-5,9,11-15H,3,7-8,10,31H2,1-2H3,(H,32,36)(H,33,40)(H,34,41)/t15-/m0/s1. The number of nitrogens with two attached hydrogens (primary N) is 1. The lowest BCUT2D eigenvalue weighted by molar-refractivity contribution is -0.141. The number of alkyl halides is 3. The summed E-state index contributed by atoms with van der Waals surface area (Å²) in [6.07, 6.45) is 1.14. The first-order valence-electron chi connectivity index (χ1n) is 12.6. The number of carbonyl (C=O) groups excluding carboxylic acids is 2. The zero-order valence-corrected chi connectivity index (χ0v) is 22.2. The van der Waals surface area contributed by atoms with Crippen LogP contribution >= 0.6 is 0 Å². The van der Waals surface area contributed by atoms with Gasteiger partial charge in [0.2, 0.25) is 5.91 Å². The maximum atomic E-state index is 13.7. The van der Waals surface area contributed by atoms with Gasteiger partial charge in [-0.3, -0.25) is 18.7 Å². The van der Waals surface area contributed by atoms with Crippen LogP contribution in [0, 0.1) is 11.3 Å². The first-order valence-corrected chi connectivity index (χ1v) is 12.6. The highest BCUT2D eigenvalue weighted by molar-refractivity contribution is 5.96. The molecule has 1 atom stereocenters. The number of fused-ring (bicyclic) bond motifs is 1. The van der Waals surface area contributed by atoms with Gasteiger partial charge in [0.15, 0.2) is 17.2 Å². The molecule has 0 unspecified atom stereocenters. The molecule has 5 N–H and O–H groups in total. The Morgan fingerprint density at radius 3 is 2.63 bits per heavy atom. The number of hydrogen-bond donors (Lipinski definition) is 4. The molecule has 2 amide bonds. The third kappa shape index (κ3) is 6.44. The van der Waals surface area contributed by atoms with Crippen LogP contribution in [0.3, 0.4) is 0 Å². The van der Waals surface area contributed by atoms with E-state index in [-0.39, 0.29) is 54.2 Å². The van der Waals surface area contributed by atoms with Gasteiger partial charge in [0.05, 0.1) is 29.6 Å². The van der Waals surface area contributed by atoms with Crippen LogP contribution in [0.5, 0.6) is 0 Å². The van der Waals surface area contributed by atoms with E-state index < -0.39 is 17.9 Å². The number of halogens is 3. The molecule has 0 saturated carbocycles. The van der Waals surface area contributed by atoms with Gasteiger partial charge in [0.25, 0.3) is 5.91 Å². The Bertz CT molecular complexity index is 1620. The van der Waals surface area contributed by atoms with E-state index in [1.807, 2.05) is 6.92 Å². The molecule has 15 heteroatoms. The molecule has 214 valence electrons. The van der Waals surface area contributed by atoms with Crippen molar-refractivity contribution in [2.45, 2.75) is 39.0 Å². The second-order valence-electron chi connectivity index (χ2n) is 9.04. The van der Waals surface area contributed by atoms with Gasteiger partial charge in [-0.25, -0.2) is 9.97 Å². The number of nitriles is 1. The zero-order chi connectivity index (χ0) is 29.7.